The molecule has 2 rings (SSSR count). The number of nitrogens with one attached hydrogen (secondary N) is 1. The number of carbonyl (C=O) groups is 1. The number of carbonyl (C=O) groups excluding carboxylic acids is 1. The summed E-state index contributed by atoms with van der Waals surface area (Å²) in [6.45, 7) is 8.19. The van der Waals surface area contributed by atoms with Crippen molar-refractivity contribution in [3.05, 3.63) is 47.5 Å². The van der Waals surface area contributed by atoms with Crippen LogP contribution in [0.2, 0.25) is 0 Å². The Bertz CT molecular complexity index is 625. The Hall–Kier alpha value is -2.17. The van der Waals surface area contributed by atoms with Gasteiger partial charge in [-0.15, -0.1) is 0 Å². The third kappa shape index (κ3) is 3.48. The van der Waals surface area contributed by atoms with Gasteiger partial charge in [0.25, 0.3) is 5.91 Å². The predicted molar refractivity (Wildman–Crippen MR) is 82.0 cm³/mol. The summed E-state index contributed by atoms with van der Waals surface area (Å²) in [4.78, 5) is 16.4. The van der Waals surface area contributed by atoms with Gasteiger partial charge in [-0.1, -0.05) is 20.8 Å². The molecule has 2 aromatic heterocycles. The molecule has 0 spiro atoms. The third-order valence-electron chi connectivity index (χ3n) is 3.43. The number of hydrogen-bond acceptors (Lipinski definition) is 3. The summed E-state index contributed by atoms with van der Waals surface area (Å²) in [5, 5.41) is 7.42. The van der Waals surface area contributed by atoms with Crippen molar-refractivity contribution in [2.45, 2.75) is 39.2 Å². The fourth-order valence-corrected chi connectivity index (χ4v) is 2.05. The maximum absolute atomic E-state index is 12.4. The number of amides is 1. The van der Waals surface area contributed by atoms with Crippen molar-refractivity contribution in [3.8, 4) is 0 Å². The zero-order chi connectivity index (χ0) is 15.6. The van der Waals surface area contributed by atoms with Gasteiger partial charge >= 0.3 is 0 Å². The van der Waals surface area contributed by atoms with Crippen LogP contribution in [0.25, 0.3) is 0 Å². The van der Waals surface area contributed by atoms with E-state index < -0.39 is 0 Å². The van der Waals surface area contributed by atoms with Crippen molar-refractivity contribution in [1.29, 1.82) is 0 Å². The van der Waals surface area contributed by atoms with E-state index in [1.165, 1.54) is 0 Å². The summed E-state index contributed by atoms with van der Waals surface area (Å²) >= 11 is 0. The topological polar surface area (TPSA) is 59.8 Å². The molecule has 21 heavy (non-hydrogen) atoms. The van der Waals surface area contributed by atoms with Crippen molar-refractivity contribution in [2.24, 2.45) is 7.05 Å². The average Bonchev–Trinajstić information content (AvgIpc) is 2.82. The Morgan fingerprint density at radius 2 is 1.90 bits per heavy atom. The van der Waals surface area contributed by atoms with E-state index >= 15 is 0 Å². The minimum Gasteiger partial charge on any atom is -0.344 e. The smallest absolute Gasteiger partial charge is 0.270 e. The quantitative estimate of drug-likeness (QED) is 0.943. The normalized spacial score (nSPS) is 13.0. The Morgan fingerprint density at radius 1 is 1.29 bits per heavy atom. The van der Waals surface area contributed by atoms with Gasteiger partial charge < -0.3 is 5.32 Å². The predicted octanol–water partition coefficient (Wildman–Crippen LogP) is 2.60. The summed E-state index contributed by atoms with van der Waals surface area (Å²) in [7, 11) is 1.79. The van der Waals surface area contributed by atoms with Crippen molar-refractivity contribution >= 4 is 5.91 Å². The molecule has 2 aromatic rings. The van der Waals surface area contributed by atoms with Crippen LogP contribution in [-0.4, -0.2) is 20.7 Å². The van der Waals surface area contributed by atoms with Crippen LogP contribution in [0.5, 0.6) is 0 Å². The van der Waals surface area contributed by atoms with E-state index in [2.05, 4.69) is 36.2 Å². The number of hydrogen-bond donors (Lipinski definition) is 1. The second-order valence-electron chi connectivity index (χ2n) is 6.26. The maximum atomic E-state index is 12.4. The van der Waals surface area contributed by atoms with E-state index in [1.807, 2.05) is 25.1 Å². The molecule has 0 aliphatic carbocycles. The molecule has 1 amide bonds. The minimum atomic E-state index is -0.121. The number of aryl methyl sites for hydroxylation is 1. The molecule has 5 heteroatoms. The van der Waals surface area contributed by atoms with E-state index in [0.717, 1.165) is 11.3 Å². The molecular formula is C16H22N4O. The van der Waals surface area contributed by atoms with Crippen LogP contribution >= 0.6 is 0 Å². The fraction of sp³-hybridized carbons (Fsp3) is 0.438. The van der Waals surface area contributed by atoms with Crippen LogP contribution in [0.4, 0.5) is 0 Å². The molecule has 0 saturated heterocycles. The van der Waals surface area contributed by atoms with Gasteiger partial charge in [0.2, 0.25) is 0 Å². The van der Waals surface area contributed by atoms with Crippen LogP contribution in [0.3, 0.4) is 0 Å². The van der Waals surface area contributed by atoms with Gasteiger partial charge in [-0.25, -0.2) is 0 Å². The van der Waals surface area contributed by atoms with Gasteiger partial charge in [-0.05, 0) is 30.7 Å². The molecule has 0 saturated carbocycles. The highest BCUT2D eigenvalue weighted by Crippen LogP contribution is 2.21. The van der Waals surface area contributed by atoms with Gasteiger partial charge in [-0.2, -0.15) is 5.10 Å². The van der Waals surface area contributed by atoms with Crippen molar-refractivity contribution in [2.75, 3.05) is 0 Å². The highest BCUT2D eigenvalue weighted by atomic mass is 16.2. The van der Waals surface area contributed by atoms with Crippen molar-refractivity contribution in [3.63, 3.8) is 0 Å². The molecule has 0 aromatic carbocycles. The van der Waals surface area contributed by atoms with Gasteiger partial charge in [0.1, 0.15) is 5.69 Å². The fourth-order valence-electron chi connectivity index (χ4n) is 2.05. The van der Waals surface area contributed by atoms with Gasteiger partial charge in [0.05, 0.1) is 11.7 Å². The zero-order valence-electron chi connectivity index (χ0n) is 13.2. The molecule has 5 nitrogen and oxygen atoms in total. The number of aromatic nitrogens is 3. The van der Waals surface area contributed by atoms with E-state index in [-0.39, 0.29) is 17.4 Å². The van der Waals surface area contributed by atoms with Crippen LogP contribution < -0.4 is 5.32 Å². The van der Waals surface area contributed by atoms with E-state index in [1.54, 1.807) is 24.1 Å². The lowest BCUT2D eigenvalue weighted by Crippen LogP contribution is -2.28. The first-order valence-electron chi connectivity index (χ1n) is 7.04. The molecule has 0 aliphatic heterocycles. The highest BCUT2D eigenvalue weighted by Gasteiger charge is 2.22. The number of nitrogens with zero attached hydrogens (tertiary/aromatic N) is 3. The lowest BCUT2D eigenvalue weighted by atomic mass is 9.92. The maximum Gasteiger partial charge on any atom is 0.270 e. The Labute approximate surface area is 125 Å². The molecule has 0 fully saturated rings. The summed E-state index contributed by atoms with van der Waals surface area (Å²) in [6.07, 6.45) is 3.44. The first kappa shape index (κ1) is 15.2. The monoisotopic (exact) mass is 286 g/mol. The second kappa shape index (κ2) is 5.68. The SMILES string of the molecule is CC(NC(=O)c1cc(C(C)(C)C)nn1C)c1ccncc1. The summed E-state index contributed by atoms with van der Waals surface area (Å²) < 4.78 is 1.63. The zero-order valence-corrected chi connectivity index (χ0v) is 13.2. The molecule has 112 valence electrons. The lowest BCUT2D eigenvalue weighted by molar-refractivity contribution is 0.0930. The molecule has 1 unspecified atom stereocenters. The van der Waals surface area contributed by atoms with E-state index in [4.69, 9.17) is 0 Å². The Kier molecular flexibility index (Phi) is 4.11. The molecule has 1 atom stereocenters. The van der Waals surface area contributed by atoms with Crippen LogP contribution in [-0.2, 0) is 12.5 Å². The molecule has 0 radical (unpaired) electrons. The van der Waals surface area contributed by atoms with E-state index in [0.29, 0.717) is 5.69 Å². The Balaban J connectivity index is 2.16. The second-order valence-corrected chi connectivity index (χ2v) is 6.26. The lowest BCUT2D eigenvalue weighted by Gasteiger charge is -2.14. The Morgan fingerprint density at radius 3 is 2.43 bits per heavy atom. The highest BCUT2D eigenvalue weighted by molar-refractivity contribution is 5.93. The van der Waals surface area contributed by atoms with Crippen LogP contribution in [0.1, 0.15) is 55.5 Å². The molecule has 2 heterocycles. The molecule has 1 N–H and O–H groups in total. The summed E-state index contributed by atoms with van der Waals surface area (Å²) in [5.74, 6) is -0.121. The standard InChI is InChI=1S/C16H22N4O/c1-11(12-6-8-17-9-7-12)18-15(21)13-10-14(16(2,3)4)19-20(13)5/h6-11H,1-5H3,(H,18,21). The first-order chi connectivity index (χ1) is 9.79. The molecule has 0 bridgehead atoms. The number of rotatable bonds is 3. The van der Waals surface area contributed by atoms with Crippen molar-refractivity contribution < 1.29 is 4.79 Å². The van der Waals surface area contributed by atoms with Crippen molar-refractivity contribution in [1.82, 2.24) is 20.1 Å². The third-order valence-corrected chi connectivity index (χ3v) is 3.43. The van der Waals surface area contributed by atoms with Gasteiger partial charge in [0.15, 0.2) is 0 Å². The molecule has 0 aliphatic rings. The van der Waals surface area contributed by atoms with E-state index in [9.17, 15) is 4.79 Å². The molecular weight excluding hydrogens is 264 g/mol. The number of pyridine rings is 1. The summed E-state index contributed by atoms with van der Waals surface area (Å²) in [5.41, 5.74) is 2.43. The first-order valence-corrected chi connectivity index (χ1v) is 7.04. The average molecular weight is 286 g/mol. The van der Waals surface area contributed by atoms with Crippen LogP contribution in [0, 0.1) is 0 Å². The van der Waals surface area contributed by atoms with Crippen LogP contribution in [0.15, 0.2) is 30.6 Å². The minimum absolute atomic E-state index is 0.0755. The van der Waals surface area contributed by atoms with Gasteiger partial charge in [-0.3, -0.25) is 14.5 Å². The van der Waals surface area contributed by atoms with Gasteiger partial charge in [0, 0.05) is 24.9 Å². The largest absolute Gasteiger partial charge is 0.344 e. The summed E-state index contributed by atoms with van der Waals surface area (Å²) in [6, 6.07) is 5.58.